The molecule has 0 saturated carbocycles. The third-order valence-corrected chi connectivity index (χ3v) is 4.26. The molecule has 3 aromatic rings. The zero-order valence-corrected chi connectivity index (χ0v) is 13.3. The average Bonchev–Trinajstić information content (AvgIpc) is 3.10. The van der Waals surface area contributed by atoms with Gasteiger partial charge in [-0.2, -0.15) is 4.68 Å². The maximum absolute atomic E-state index is 5.57. The number of thiophene rings is 1. The van der Waals surface area contributed by atoms with E-state index in [1.54, 1.807) is 16.0 Å². The Morgan fingerprint density at radius 2 is 2.05 bits per heavy atom. The van der Waals surface area contributed by atoms with Gasteiger partial charge < -0.3 is 9.32 Å². The molecule has 1 unspecified atom stereocenters. The standard InChI is InChI=1S/C15H15N3OS2/c1-17(10-12-6-3-2-4-7-12)11-18-15(20)19-14(16-18)13-8-5-9-21-13/h2-9H,10-11H2,1H3/p+1. The highest BCUT2D eigenvalue weighted by atomic mass is 32.1. The second-order valence-electron chi connectivity index (χ2n) is 4.93. The van der Waals surface area contributed by atoms with Crippen LogP contribution >= 0.6 is 23.6 Å². The summed E-state index contributed by atoms with van der Waals surface area (Å²) in [5.74, 6) is 0.600. The highest BCUT2D eigenvalue weighted by Crippen LogP contribution is 2.22. The first-order valence-corrected chi connectivity index (χ1v) is 7.98. The molecule has 0 spiro atoms. The van der Waals surface area contributed by atoms with E-state index in [4.69, 9.17) is 16.6 Å². The number of nitrogens with one attached hydrogen (secondary N) is 1. The van der Waals surface area contributed by atoms with Crippen LogP contribution in [-0.4, -0.2) is 16.8 Å². The summed E-state index contributed by atoms with van der Waals surface area (Å²) in [6, 6.07) is 14.4. The topological polar surface area (TPSA) is 35.4 Å². The molecule has 2 heterocycles. The van der Waals surface area contributed by atoms with Crippen molar-refractivity contribution in [1.29, 1.82) is 0 Å². The summed E-state index contributed by atoms with van der Waals surface area (Å²) < 4.78 is 7.33. The summed E-state index contributed by atoms with van der Waals surface area (Å²) in [5.41, 5.74) is 1.29. The highest BCUT2D eigenvalue weighted by molar-refractivity contribution is 7.71. The van der Waals surface area contributed by atoms with E-state index < -0.39 is 0 Å². The van der Waals surface area contributed by atoms with Gasteiger partial charge in [-0.25, -0.2) is 0 Å². The van der Waals surface area contributed by atoms with E-state index in [-0.39, 0.29) is 0 Å². The zero-order valence-electron chi connectivity index (χ0n) is 11.7. The van der Waals surface area contributed by atoms with Gasteiger partial charge in [0.1, 0.15) is 6.54 Å². The Kier molecular flexibility index (Phi) is 4.28. The van der Waals surface area contributed by atoms with E-state index in [9.17, 15) is 0 Å². The van der Waals surface area contributed by atoms with Crippen LogP contribution in [0.3, 0.4) is 0 Å². The van der Waals surface area contributed by atoms with Crippen LogP contribution in [0, 0.1) is 4.84 Å². The van der Waals surface area contributed by atoms with Crippen LogP contribution in [-0.2, 0) is 13.2 Å². The van der Waals surface area contributed by atoms with Crippen LogP contribution in [0.25, 0.3) is 10.8 Å². The van der Waals surface area contributed by atoms with E-state index in [2.05, 4.69) is 36.4 Å². The van der Waals surface area contributed by atoms with E-state index in [1.807, 2.05) is 23.6 Å². The molecule has 21 heavy (non-hydrogen) atoms. The third-order valence-electron chi connectivity index (χ3n) is 3.11. The van der Waals surface area contributed by atoms with Gasteiger partial charge in [0.2, 0.25) is 0 Å². The first-order valence-electron chi connectivity index (χ1n) is 6.69. The molecule has 0 radical (unpaired) electrons. The van der Waals surface area contributed by atoms with Gasteiger partial charge in [0.15, 0.2) is 6.67 Å². The molecular formula is C15H16N3OS2+. The van der Waals surface area contributed by atoms with Crippen molar-refractivity contribution in [3.05, 3.63) is 58.2 Å². The number of quaternary nitrogens is 1. The minimum Gasteiger partial charge on any atom is -0.408 e. The lowest BCUT2D eigenvalue weighted by molar-refractivity contribution is -0.917. The molecule has 0 aliphatic rings. The van der Waals surface area contributed by atoms with Crippen LogP contribution in [0.2, 0.25) is 0 Å². The molecule has 108 valence electrons. The van der Waals surface area contributed by atoms with Crippen molar-refractivity contribution in [2.24, 2.45) is 0 Å². The van der Waals surface area contributed by atoms with Crippen molar-refractivity contribution >= 4 is 23.6 Å². The fourth-order valence-electron chi connectivity index (χ4n) is 2.16. The van der Waals surface area contributed by atoms with Crippen molar-refractivity contribution in [2.75, 3.05) is 7.05 Å². The van der Waals surface area contributed by atoms with Crippen molar-refractivity contribution in [1.82, 2.24) is 9.78 Å². The number of rotatable bonds is 5. The van der Waals surface area contributed by atoms with Crippen molar-refractivity contribution in [3.63, 3.8) is 0 Å². The number of hydrogen-bond donors (Lipinski definition) is 1. The maximum Gasteiger partial charge on any atom is 0.292 e. The minimum absolute atomic E-state index is 0.422. The van der Waals surface area contributed by atoms with Crippen LogP contribution in [0.5, 0.6) is 0 Å². The Morgan fingerprint density at radius 1 is 1.24 bits per heavy atom. The summed E-state index contributed by atoms with van der Waals surface area (Å²) in [7, 11) is 2.12. The lowest BCUT2D eigenvalue weighted by Gasteiger charge is -2.13. The zero-order chi connectivity index (χ0) is 14.7. The predicted octanol–water partition coefficient (Wildman–Crippen LogP) is 2.61. The predicted molar refractivity (Wildman–Crippen MR) is 85.7 cm³/mol. The van der Waals surface area contributed by atoms with Crippen LogP contribution < -0.4 is 4.90 Å². The molecule has 0 aliphatic carbocycles. The molecular weight excluding hydrogens is 302 g/mol. The fraction of sp³-hybridized carbons (Fsp3) is 0.200. The van der Waals surface area contributed by atoms with E-state index >= 15 is 0 Å². The number of nitrogens with zero attached hydrogens (tertiary/aromatic N) is 2. The molecule has 1 N–H and O–H groups in total. The van der Waals surface area contributed by atoms with Crippen molar-refractivity contribution in [3.8, 4) is 10.8 Å². The molecule has 0 saturated heterocycles. The first kappa shape index (κ1) is 14.2. The summed E-state index contributed by atoms with van der Waals surface area (Å²) in [6.45, 7) is 1.60. The van der Waals surface area contributed by atoms with Gasteiger partial charge in [-0.05, 0) is 23.7 Å². The molecule has 1 atom stereocenters. The van der Waals surface area contributed by atoms with Gasteiger partial charge in [0.05, 0.1) is 11.9 Å². The fourth-order valence-corrected chi connectivity index (χ4v) is 2.99. The molecule has 4 nitrogen and oxygen atoms in total. The van der Waals surface area contributed by atoms with Gasteiger partial charge in [-0.15, -0.1) is 16.4 Å². The minimum atomic E-state index is 0.422. The molecule has 0 amide bonds. The van der Waals surface area contributed by atoms with Crippen LogP contribution in [0.4, 0.5) is 0 Å². The quantitative estimate of drug-likeness (QED) is 0.735. The summed E-state index contributed by atoms with van der Waals surface area (Å²) >= 11 is 6.85. The summed E-state index contributed by atoms with van der Waals surface area (Å²) in [4.78, 5) is 2.72. The number of aromatic nitrogens is 2. The normalized spacial score (nSPS) is 12.4. The van der Waals surface area contributed by atoms with E-state index in [0.717, 1.165) is 11.4 Å². The number of benzene rings is 1. The van der Waals surface area contributed by atoms with Crippen molar-refractivity contribution < 1.29 is 9.32 Å². The second-order valence-corrected chi connectivity index (χ2v) is 6.22. The lowest BCUT2D eigenvalue weighted by atomic mass is 10.2. The molecule has 0 fully saturated rings. The van der Waals surface area contributed by atoms with Gasteiger partial charge in [0, 0.05) is 5.56 Å². The third kappa shape index (κ3) is 3.47. The highest BCUT2D eigenvalue weighted by Gasteiger charge is 2.12. The van der Waals surface area contributed by atoms with Crippen LogP contribution in [0.15, 0.2) is 52.3 Å². The molecule has 6 heteroatoms. The summed E-state index contributed by atoms with van der Waals surface area (Å²) in [5, 5.41) is 6.47. The van der Waals surface area contributed by atoms with Gasteiger partial charge in [0.25, 0.3) is 10.7 Å². The molecule has 0 bridgehead atoms. The second kappa shape index (κ2) is 6.34. The Labute approximate surface area is 132 Å². The molecule has 2 aromatic heterocycles. The lowest BCUT2D eigenvalue weighted by Crippen LogP contribution is -3.07. The van der Waals surface area contributed by atoms with Gasteiger partial charge in [-0.1, -0.05) is 36.4 Å². The Morgan fingerprint density at radius 3 is 2.76 bits per heavy atom. The Balaban J connectivity index is 1.72. The maximum atomic E-state index is 5.57. The monoisotopic (exact) mass is 318 g/mol. The Bertz CT molecular complexity index is 747. The molecule has 3 rings (SSSR count). The SMILES string of the molecule is C[NH+](Cc1ccccc1)Cn1nc(-c2cccs2)oc1=S. The summed E-state index contributed by atoms with van der Waals surface area (Å²) in [6.07, 6.45) is 0. The largest absolute Gasteiger partial charge is 0.408 e. The van der Waals surface area contributed by atoms with E-state index in [0.29, 0.717) is 17.4 Å². The van der Waals surface area contributed by atoms with Crippen LogP contribution in [0.1, 0.15) is 5.56 Å². The molecule has 1 aromatic carbocycles. The van der Waals surface area contributed by atoms with E-state index in [1.165, 1.54) is 10.5 Å². The molecule has 0 aliphatic heterocycles. The van der Waals surface area contributed by atoms with Gasteiger partial charge in [-0.3, -0.25) is 0 Å². The van der Waals surface area contributed by atoms with Crippen molar-refractivity contribution in [2.45, 2.75) is 13.2 Å². The van der Waals surface area contributed by atoms with Gasteiger partial charge >= 0.3 is 0 Å². The Hall–Kier alpha value is -1.76. The average molecular weight is 318 g/mol. The number of hydrogen-bond acceptors (Lipinski definition) is 4. The smallest absolute Gasteiger partial charge is 0.292 e. The first-order chi connectivity index (χ1) is 10.2.